The second kappa shape index (κ2) is 9.94. The molecule has 4 aliphatic rings. The first-order valence-corrected chi connectivity index (χ1v) is 12.8. The van der Waals surface area contributed by atoms with E-state index in [-0.39, 0.29) is 24.1 Å². The Morgan fingerprint density at radius 3 is 2.67 bits per heavy atom. The molecule has 5 rings (SSSR count). The molecular formula is C26H36N4O3. The number of rotatable bonds is 6. The molecule has 4 aliphatic heterocycles. The third-order valence-electron chi connectivity index (χ3n) is 7.98. The summed E-state index contributed by atoms with van der Waals surface area (Å²) in [5, 5.41) is 5.91. The first-order valence-electron chi connectivity index (χ1n) is 12.8. The summed E-state index contributed by atoms with van der Waals surface area (Å²) in [6, 6.07) is 5.60. The van der Waals surface area contributed by atoms with Crippen LogP contribution in [0.1, 0.15) is 72.9 Å². The zero-order valence-corrected chi connectivity index (χ0v) is 19.5. The van der Waals surface area contributed by atoms with Gasteiger partial charge < -0.3 is 10.2 Å². The van der Waals surface area contributed by atoms with Gasteiger partial charge in [-0.25, -0.2) is 0 Å². The van der Waals surface area contributed by atoms with Crippen molar-refractivity contribution in [3.05, 3.63) is 34.9 Å². The van der Waals surface area contributed by atoms with Gasteiger partial charge in [0.15, 0.2) is 0 Å². The van der Waals surface area contributed by atoms with Crippen LogP contribution in [-0.4, -0.2) is 59.7 Å². The van der Waals surface area contributed by atoms with Gasteiger partial charge in [0.1, 0.15) is 6.04 Å². The minimum absolute atomic E-state index is 0.0960. The molecule has 3 atom stereocenters. The summed E-state index contributed by atoms with van der Waals surface area (Å²) >= 11 is 0. The number of piperidine rings is 3. The van der Waals surface area contributed by atoms with E-state index in [4.69, 9.17) is 0 Å². The van der Waals surface area contributed by atoms with Crippen LogP contribution >= 0.6 is 0 Å². The van der Waals surface area contributed by atoms with Crippen LogP contribution in [0.4, 0.5) is 0 Å². The van der Waals surface area contributed by atoms with Gasteiger partial charge in [-0.2, -0.15) is 0 Å². The van der Waals surface area contributed by atoms with Crippen molar-refractivity contribution in [2.24, 2.45) is 11.8 Å². The van der Waals surface area contributed by atoms with Gasteiger partial charge in [0.2, 0.25) is 11.8 Å². The number of hydrogen-bond donors (Lipinski definition) is 2. The molecule has 178 valence electrons. The van der Waals surface area contributed by atoms with Crippen LogP contribution < -0.4 is 10.6 Å². The maximum absolute atomic E-state index is 12.9. The Bertz CT molecular complexity index is 911. The molecule has 0 aliphatic carbocycles. The van der Waals surface area contributed by atoms with E-state index in [1.54, 1.807) is 4.90 Å². The molecular weight excluding hydrogens is 416 g/mol. The highest BCUT2D eigenvalue weighted by Crippen LogP contribution is 2.30. The number of fused-ring (bicyclic) bond motifs is 1. The number of nitrogens with zero attached hydrogens (tertiary/aromatic N) is 2. The van der Waals surface area contributed by atoms with E-state index in [1.807, 2.05) is 6.07 Å². The number of benzene rings is 1. The van der Waals surface area contributed by atoms with E-state index in [0.717, 1.165) is 30.5 Å². The summed E-state index contributed by atoms with van der Waals surface area (Å²) in [5.74, 6) is 0.950. The summed E-state index contributed by atoms with van der Waals surface area (Å²) in [7, 11) is 0. The quantitative estimate of drug-likeness (QED) is 0.648. The molecule has 0 radical (unpaired) electrons. The Morgan fingerprint density at radius 2 is 1.85 bits per heavy atom. The van der Waals surface area contributed by atoms with Gasteiger partial charge in [0, 0.05) is 31.6 Å². The molecule has 33 heavy (non-hydrogen) atoms. The number of nitrogens with one attached hydrogen (secondary N) is 2. The van der Waals surface area contributed by atoms with E-state index in [0.29, 0.717) is 18.5 Å². The zero-order valence-electron chi connectivity index (χ0n) is 19.5. The largest absolute Gasteiger partial charge is 0.322 e. The summed E-state index contributed by atoms with van der Waals surface area (Å²) in [5.41, 5.74) is 2.94. The summed E-state index contributed by atoms with van der Waals surface area (Å²) in [6.45, 7) is 6.05. The third-order valence-corrected chi connectivity index (χ3v) is 7.98. The lowest BCUT2D eigenvalue weighted by Crippen LogP contribution is -2.52. The lowest BCUT2D eigenvalue weighted by atomic mass is 9.87. The molecule has 3 amide bonds. The Balaban J connectivity index is 1.17. The SMILES string of the molecule is O=C1CCC(N2Cc3cc(CN4CCCC(CCC5CCCNC5)C4)ccc3C2=O)C(=O)N1. The predicted octanol–water partition coefficient (Wildman–Crippen LogP) is 2.44. The second-order valence-corrected chi connectivity index (χ2v) is 10.4. The minimum atomic E-state index is -0.548. The number of likely N-dealkylation sites (tertiary alicyclic amines) is 1. The van der Waals surface area contributed by atoms with Crippen LogP contribution in [0, 0.1) is 11.8 Å². The molecule has 3 saturated heterocycles. The van der Waals surface area contributed by atoms with Gasteiger partial charge in [-0.3, -0.25) is 24.6 Å². The molecule has 4 heterocycles. The molecule has 3 fully saturated rings. The smallest absolute Gasteiger partial charge is 0.255 e. The monoisotopic (exact) mass is 452 g/mol. The number of hydrogen-bond acceptors (Lipinski definition) is 5. The van der Waals surface area contributed by atoms with Crippen molar-refractivity contribution < 1.29 is 14.4 Å². The first-order chi connectivity index (χ1) is 16.1. The Hall–Kier alpha value is -2.25. The Kier molecular flexibility index (Phi) is 6.79. The van der Waals surface area contributed by atoms with Gasteiger partial charge >= 0.3 is 0 Å². The molecule has 3 unspecified atom stereocenters. The number of imide groups is 1. The van der Waals surface area contributed by atoms with Crippen molar-refractivity contribution in [1.29, 1.82) is 0 Å². The summed E-state index contributed by atoms with van der Waals surface area (Å²) < 4.78 is 0. The van der Waals surface area contributed by atoms with Crippen molar-refractivity contribution in [2.45, 2.75) is 70.5 Å². The van der Waals surface area contributed by atoms with Gasteiger partial charge in [-0.1, -0.05) is 12.1 Å². The topological polar surface area (TPSA) is 81.8 Å². The lowest BCUT2D eigenvalue weighted by molar-refractivity contribution is -0.136. The molecule has 7 nitrogen and oxygen atoms in total. The maximum atomic E-state index is 12.9. The number of carbonyl (C=O) groups excluding carboxylic acids is 3. The Labute approximate surface area is 196 Å². The molecule has 0 spiro atoms. The fourth-order valence-electron chi connectivity index (χ4n) is 6.16. The van der Waals surface area contributed by atoms with Crippen molar-refractivity contribution in [3.8, 4) is 0 Å². The normalized spacial score (nSPS) is 28.7. The van der Waals surface area contributed by atoms with Crippen LogP contribution in [0.2, 0.25) is 0 Å². The highest BCUT2D eigenvalue weighted by Gasteiger charge is 2.39. The van der Waals surface area contributed by atoms with Crippen molar-refractivity contribution in [3.63, 3.8) is 0 Å². The molecule has 2 N–H and O–H groups in total. The van der Waals surface area contributed by atoms with Crippen molar-refractivity contribution >= 4 is 17.7 Å². The molecule has 7 heteroatoms. The third kappa shape index (κ3) is 5.14. The molecule has 1 aromatic carbocycles. The highest BCUT2D eigenvalue weighted by molar-refractivity contribution is 6.05. The van der Waals surface area contributed by atoms with E-state index >= 15 is 0 Å². The summed E-state index contributed by atoms with van der Waals surface area (Å²) in [4.78, 5) is 40.9. The fraction of sp³-hybridized carbons (Fsp3) is 0.654. The van der Waals surface area contributed by atoms with Crippen LogP contribution in [0.25, 0.3) is 0 Å². The molecule has 0 saturated carbocycles. The molecule has 1 aromatic rings. The zero-order chi connectivity index (χ0) is 22.8. The van der Waals surface area contributed by atoms with Crippen LogP contribution in [0.15, 0.2) is 18.2 Å². The Morgan fingerprint density at radius 1 is 1.00 bits per heavy atom. The van der Waals surface area contributed by atoms with E-state index in [9.17, 15) is 14.4 Å². The van der Waals surface area contributed by atoms with Gasteiger partial charge in [-0.15, -0.1) is 0 Å². The lowest BCUT2D eigenvalue weighted by Gasteiger charge is -2.34. The van der Waals surface area contributed by atoms with E-state index in [1.165, 1.54) is 63.7 Å². The van der Waals surface area contributed by atoms with Crippen LogP contribution in [0.3, 0.4) is 0 Å². The average Bonchev–Trinajstić information content (AvgIpc) is 3.14. The maximum Gasteiger partial charge on any atom is 0.255 e. The fourth-order valence-corrected chi connectivity index (χ4v) is 6.16. The van der Waals surface area contributed by atoms with Gasteiger partial charge in [-0.05, 0) is 93.6 Å². The molecule has 0 aromatic heterocycles. The number of amides is 3. The predicted molar refractivity (Wildman–Crippen MR) is 125 cm³/mol. The van der Waals surface area contributed by atoms with Crippen LogP contribution in [-0.2, 0) is 22.7 Å². The minimum Gasteiger partial charge on any atom is -0.322 e. The number of carbonyl (C=O) groups is 3. The van der Waals surface area contributed by atoms with Crippen LogP contribution in [0.5, 0.6) is 0 Å². The van der Waals surface area contributed by atoms with Crippen molar-refractivity contribution in [1.82, 2.24) is 20.4 Å². The van der Waals surface area contributed by atoms with E-state index in [2.05, 4.69) is 27.7 Å². The first kappa shape index (κ1) is 22.5. The average molecular weight is 453 g/mol. The standard InChI is InChI=1S/C26H36N4O3/c31-24-10-9-23(25(32)28-24)30-17-21-13-20(7-8-22(21)26(30)33)16-29-12-2-4-19(15-29)6-5-18-3-1-11-27-14-18/h7-8,13,18-19,23,27H,1-6,9-12,14-17H2,(H,28,31,32). The summed E-state index contributed by atoms with van der Waals surface area (Å²) in [6.07, 6.45) is 8.69. The van der Waals surface area contributed by atoms with E-state index < -0.39 is 6.04 Å². The van der Waals surface area contributed by atoms with Crippen molar-refractivity contribution in [2.75, 3.05) is 26.2 Å². The highest BCUT2D eigenvalue weighted by atomic mass is 16.2. The molecule has 0 bridgehead atoms. The van der Waals surface area contributed by atoms with Gasteiger partial charge in [0.25, 0.3) is 5.91 Å². The van der Waals surface area contributed by atoms with Gasteiger partial charge in [0.05, 0.1) is 0 Å². The second-order valence-electron chi connectivity index (χ2n) is 10.4.